The molecule has 0 radical (unpaired) electrons. The largest absolute Gasteiger partial charge is 0.497 e. The van der Waals surface area contributed by atoms with E-state index in [0.29, 0.717) is 0 Å². The first kappa shape index (κ1) is 22.4. The van der Waals surface area contributed by atoms with Crippen molar-refractivity contribution in [2.24, 2.45) is 0 Å². The fourth-order valence-electron chi connectivity index (χ4n) is 4.49. The fraction of sp³-hybridized carbons (Fsp3) is 0.308. The highest BCUT2D eigenvalue weighted by atomic mass is 35.5. The van der Waals surface area contributed by atoms with Crippen LogP contribution < -0.4 is 4.74 Å². The minimum atomic E-state index is -1.14. The van der Waals surface area contributed by atoms with E-state index >= 15 is 0 Å². The normalized spacial score (nSPS) is 17.0. The quantitative estimate of drug-likeness (QED) is 0.564. The molecule has 3 nitrogen and oxygen atoms in total. The lowest BCUT2D eigenvalue weighted by atomic mass is 9.72. The molecule has 2 unspecified atom stereocenters. The van der Waals surface area contributed by atoms with Crippen molar-refractivity contribution in [3.05, 3.63) is 102 Å². The third-order valence-corrected chi connectivity index (χ3v) is 6.09. The molecule has 30 heavy (non-hydrogen) atoms. The van der Waals surface area contributed by atoms with E-state index in [2.05, 4.69) is 29.2 Å². The Labute approximate surface area is 185 Å². The summed E-state index contributed by atoms with van der Waals surface area (Å²) in [4.78, 5) is 2.48. The summed E-state index contributed by atoms with van der Waals surface area (Å²) < 4.78 is 5.35. The van der Waals surface area contributed by atoms with Crippen LogP contribution in [0.3, 0.4) is 0 Å². The van der Waals surface area contributed by atoms with Crippen LogP contribution in [0.4, 0.5) is 0 Å². The Morgan fingerprint density at radius 3 is 1.93 bits per heavy atom. The molecule has 1 saturated heterocycles. The Balaban J connectivity index is 0.00000256. The fourth-order valence-corrected chi connectivity index (χ4v) is 4.49. The van der Waals surface area contributed by atoms with Gasteiger partial charge in [-0.3, -0.25) is 0 Å². The monoisotopic (exact) mass is 423 g/mol. The SMILES string of the molecule is COc1ccc(C(O)(c2ccccc2)C(CN2CCCC2)c2ccccc2)cc1.Cl. The van der Waals surface area contributed by atoms with Crippen LogP contribution in [0.5, 0.6) is 5.75 Å². The molecule has 3 aromatic carbocycles. The van der Waals surface area contributed by atoms with Gasteiger partial charge in [0.15, 0.2) is 0 Å². The summed E-state index contributed by atoms with van der Waals surface area (Å²) >= 11 is 0. The van der Waals surface area contributed by atoms with Crippen LogP contribution in [0.25, 0.3) is 0 Å². The van der Waals surface area contributed by atoms with Crippen molar-refractivity contribution in [1.82, 2.24) is 4.90 Å². The Morgan fingerprint density at radius 2 is 1.37 bits per heavy atom. The third-order valence-electron chi connectivity index (χ3n) is 6.09. The van der Waals surface area contributed by atoms with E-state index in [4.69, 9.17) is 4.74 Å². The maximum absolute atomic E-state index is 12.4. The van der Waals surface area contributed by atoms with Crippen LogP contribution in [0, 0.1) is 0 Å². The Bertz CT molecular complexity index is 895. The third kappa shape index (κ3) is 4.54. The second kappa shape index (κ2) is 10.1. The summed E-state index contributed by atoms with van der Waals surface area (Å²) in [7, 11) is 1.67. The number of ether oxygens (including phenoxy) is 1. The first-order chi connectivity index (χ1) is 14.2. The minimum Gasteiger partial charge on any atom is -0.497 e. The van der Waals surface area contributed by atoms with Gasteiger partial charge < -0.3 is 14.7 Å². The highest BCUT2D eigenvalue weighted by Gasteiger charge is 2.42. The molecule has 3 aromatic rings. The van der Waals surface area contributed by atoms with Gasteiger partial charge in [0.2, 0.25) is 0 Å². The Kier molecular flexibility index (Phi) is 7.54. The molecule has 1 heterocycles. The average Bonchev–Trinajstić information content (AvgIpc) is 3.32. The number of hydrogen-bond donors (Lipinski definition) is 1. The van der Waals surface area contributed by atoms with Crippen molar-refractivity contribution in [2.45, 2.75) is 24.4 Å². The lowest BCUT2D eigenvalue weighted by Gasteiger charge is -2.39. The molecule has 0 aliphatic carbocycles. The molecular weight excluding hydrogens is 394 g/mol. The number of rotatable bonds is 7. The van der Waals surface area contributed by atoms with Crippen LogP contribution in [0.2, 0.25) is 0 Å². The molecule has 0 aromatic heterocycles. The van der Waals surface area contributed by atoms with E-state index in [1.165, 1.54) is 12.8 Å². The van der Waals surface area contributed by atoms with Gasteiger partial charge >= 0.3 is 0 Å². The molecule has 0 bridgehead atoms. The first-order valence-corrected chi connectivity index (χ1v) is 10.4. The molecule has 0 amide bonds. The summed E-state index contributed by atoms with van der Waals surface area (Å²) in [5, 5.41) is 12.4. The number of likely N-dealkylation sites (tertiary alicyclic amines) is 1. The maximum atomic E-state index is 12.4. The summed E-state index contributed by atoms with van der Waals surface area (Å²) in [5.41, 5.74) is 1.81. The predicted octanol–water partition coefficient (Wildman–Crippen LogP) is 5.23. The molecule has 4 heteroatoms. The van der Waals surface area contributed by atoms with Crippen molar-refractivity contribution < 1.29 is 9.84 Å². The number of hydrogen-bond acceptors (Lipinski definition) is 3. The van der Waals surface area contributed by atoms with Gasteiger partial charge in [-0.15, -0.1) is 12.4 Å². The second-order valence-corrected chi connectivity index (χ2v) is 7.83. The summed E-state index contributed by atoms with van der Waals surface area (Å²) in [6.07, 6.45) is 2.46. The molecule has 0 saturated carbocycles. The van der Waals surface area contributed by atoms with Crippen LogP contribution in [0.1, 0.15) is 35.4 Å². The van der Waals surface area contributed by atoms with Crippen molar-refractivity contribution >= 4 is 12.4 Å². The highest BCUT2D eigenvalue weighted by Crippen LogP contribution is 2.43. The van der Waals surface area contributed by atoms with Gasteiger partial charge in [0.25, 0.3) is 0 Å². The molecular formula is C26H30ClNO2. The molecule has 1 aliphatic heterocycles. The lowest BCUT2D eigenvalue weighted by Crippen LogP contribution is -2.41. The number of nitrogens with zero attached hydrogens (tertiary/aromatic N) is 1. The number of halogens is 1. The van der Waals surface area contributed by atoms with E-state index in [1.807, 2.05) is 60.7 Å². The van der Waals surface area contributed by atoms with Gasteiger partial charge in [-0.25, -0.2) is 0 Å². The first-order valence-electron chi connectivity index (χ1n) is 10.4. The number of methoxy groups -OCH3 is 1. The second-order valence-electron chi connectivity index (χ2n) is 7.83. The summed E-state index contributed by atoms with van der Waals surface area (Å²) in [6.45, 7) is 3.01. The maximum Gasteiger partial charge on any atom is 0.123 e. The zero-order valence-corrected chi connectivity index (χ0v) is 18.2. The molecule has 0 spiro atoms. The van der Waals surface area contributed by atoms with Gasteiger partial charge in [0.05, 0.1) is 7.11 Å². The lowest BCUT2D eigenvalue weighted by molar-refractivity contribution is 0.0366. The Hall–Kier alpha value is -2.33. The molecule has 4 rings (SSSR count). The molecule has 1 aliphatic rings. The topological polar surface area (TPSA) is 32.7 Å². The van der Waals surface area contributed by atoms with Crippen molar-refractivity contribution in [1.29, 1.82) is 0 Å². The van der Waals surface area contributed by atoms with Crippen molar-refractivity contribution in [3.8, 4) is 5.75 Å². The van der Waals surface area contributed by atoms with E-state index in [0.717, 1.165) is 42.1 Å². The highest BCUT2D eigenvalue weighted by molar-refractivity contribution is 5.85. The smallest absolute Gasteiger partial charge is 0.123 e. The van der Waals surface area contributed by atoms with Gasteiger partial charge in [0.1, 0.15) is 11.4 Å². The van der Waals surface area contributed by atoms with E-state index in [-0.39, 0.29) is 18.3 Å². The standard InChI is InChI=1S/C26H29NO2.ClH/c1-29-24-16-14-23(15-17-24)26(28,22-12-6-3-7-13-22)25(20-27-18-8-9-19-27)21-10-4-2-5-11-21;/h2-7,10-17,25,28H,8-9,18-20H2,1H3;1H. The van der Waals surface area contributed by atoms with Gasteiger partial charge in [0, 0.05) is 12.5 Å². The summed E-state index contributed by atoms with van der Waals surface area (Å²) in [5.74, 6) is 0.706. The van der Waals surface area contributed by atoms with Gasteiger partial charge in [-0.2, -0.15) is 0 Å². The van der Waals surface area contributed by atoms with Crippen molar-refractivity contribution in [3.63, 3.8) is 0 Å². The van der Waals surface area contributed by atoms with E-state index < -0.39 is 5.60 Å². The average molecular weight is 424 g/mol. The molecule has 2 atom stereocenters. The van der Waals surface area contributed by atoms with Gasteiger partial charge in [-0.1, -0.05) is 72.8 Å². The minimum absolute atomic E-state index is 0. The molecule has 1 N–H and O–H groups in total. The van der Waals surface area contributed by atoms with Crippen molar-refractivity contribution in [2.75, 3.05) is 26.7 Å². The molecule has 158 valence electrons. The predicted molar refractivity (Wildman–Crippen MR) is 125 cm³/mol. The van der Waals surface area contributed by atoms with Crippen LogP contribution in [0.15, 0.2) is 84.9 Å². The molecule has 1 fully saturated rings. The van der Waals surface area contributed by atoms with Crippen LogP contribution in [-0.2, 0) is 5.60 Å². The van der Waals surface area contributed by atoms with Crippen LogP contribution >= 0.6 is 12.4 Å². The number of aliphatic hydroxyl groups is 1. The van der Waals surface area contributed by atoms with Crippen LogP contribution in [-0.4, -0.2) is 36.8 Å². The van der Waals surface area contributed by atoms with E-state index in [1.54, 1.807) is 7.11 Å². The zero-order valence-electron chi connectivity index (χ0n) is 17.4. The number of benzene rings is 3. The Morgan fingerprint density at radius 1 is 0.833 bits per heavy atom. The zero-order chi connectivity index (χ0) is 20.1. The van der Waals surface area contributed by atoms with Gasteiger partial charge in [-0.05, 0) is 54.8 Å². The van der Waals surface area contributed by atoms with E-state index in [9.17, 15) is 5.11 Å². The summed E-state index contributed by atoms with van der Waals surface area (Å²) in [6, 6.07) is 28.3.